The SMILES string of the molecule is Cc1csc(N(C(=O)COc2c(C)cccc2C)c2ccccc2)n1. The molecule has 5 heteroatoms. The van der Waals surface area contributed by atoms with Crippen LogP contribution in [0.3, 0.4) is 0 Å². The summed E-state index contributed by atoms with van der Waals surface area (Å²) in [6.45, 7) is 5.83. The fourth-order valence-corrected chi connectivity index (χ4v) is 3.45. The molecule has 1 heterocycles. The molecule has 0 aliphatic heterocycles. The highest BCUT2D eigenvalue weighted by Crippen LogP contribution is 2.29. The van der Waals surface area contributed by atoms with E-state index in [1.54, 1.807) is 4.90 Å². The fourth-order valence-electron chi connectivity index (χ4n) is 2.61. The van der Waals surface area contributed by atoms with Crippen molar-refractivity contribution in [3.8, 4) is 5.75 Å². The van der Waals surface area contributed by atoms with Crippen LogP contribution in [-0.4, -0.2) is 17.5 Å². The second kappa shape index (κ2) is 7.49. The number of thiazole rings is 1. The molecule has 0 fully saturated rings. The van der Waals surface area contributed by atoms with Crippen LogP contribution >= 0.6 is 11.3 Å². The molecule has 128 valence electrons. The monoisotopic (exact) mass is 352 g/mol. The van der Waals surface area contributed by atoms with Crippen LogP contribution in [0.5, 0.6) is 5.75 Å². The Hall–Kier alpha value is -2.66. The first kappa shape index (κ1) is 17.2. The molecular formula is C20H20N2O2S. The summed E-state index contributed by atoms with van der Waals surface area (Å²) in [4.78, 5) is 19.0. The lowest BCUT2D eigenvalue weighted by atomic mass is 10.1. The highest BCUT2D eigenvalue weighted by Gasteiger charge is 2.21. The lowest BCUT2D eigenvalue weighted by Crippen LogP contribution is -2.31. The molecule has 0 atom stereocenters. The van der Waals surface area contributed by atoms with Gasteiger partial charge in [0.2, 0.25) is 0 Å². The number of rotatable bonds is 5. The molecule has 25 heavy (non-hydrogen) atoms. The lowest BCUT2D eigenvalue weighted by molar-refractivity contribution is -0.119. The Bertz CT molecular complexity index is 854. The van der Waals surface area contributed by atoms with Crippen molar-refractivity contribution in [1.82, 2.24) is 4.98 Å². The number of ether oxygens (including phenoxy) is 1. The minimum Gasteiger partial charge on any atom is -0.483 e. The van der Waals surface area contributed by atoms with Gasteiger partial charge in [-0.05, 0) is 44.0 Å². The van der Waals surface area contributed by atoms with Crippen LogP contribution in [0, 0.1) is 20.8 Å². The standard InChI is InChI=1S/C20H20N2O2S/c1-14-8-7-9-15(2)19(14)24-12-18(23)22(17-10-5-4-6-11-17)20-21-16(3)13-25-20/h4-11,13H,12H2,1-3H3. The molecule has 0 bridgehead atoms. The molecule has 0 aliphatic carbocycles. The summed E-state index contributed by atoms with van der Waals surface area (Å²) < 4.78 is 5.85. The van der Waals surface area contributed by atoms with Gasteiger partial charge in [-0.25, -0.2) is 4.98 Å². The summed E-state index contributed by atoms with van der Waals surface area (Å²) in [6.07, 6.45) is 0. The van der Waals surface area contributed by atoms with Gasteiger partial charge in [0, 0.05) is 5.38 Å². The molecule has 0 aliphatic rings. The van der Waals surface area contributed by atoms with E-state index in [1.165, 1.54) is 11.3 Å². The zero-order chi connectivity index (χ0) is 17.8. The number of amides is 1. The van der Waals surface area contributed by atoms with Crippen molar-refractivity contribution < 1.29 is 9.53 Å². The van der Waals surface area contributed by atoms with Crippen LogP contribution in [0.2, 0.25) is 0 Å². The van der Waals surface area contributed by atoms with Crippen LogP contribution in [0.1, 0.15) is 16.8 Å². The topological polar surface area (TPSA) is 42.4 Å². The Morgan fingerprint density at radius 1 is 1.04 bits per heavy atom. The molecule has 0 saturated carbocycles. The largest absolute Gasteiger partial charge is 0.483 e. The van der Waals surface area contributed by atoms with Crippen molar-refractivity contribution >= 4 is 28.1 Å². The predicted molar refractivity (Wildman–Crippen MR) is 102 cm³/mol. The molecular weight excluding hydrogens is 332 g/mol. The van der Waals surface area contributed by atoms with E-state index in [0.29, 0.717) is 5.13 Å². The quantitative estimate of drug-likeness (QED) is 0.661. The Labute approximate surface area is 151 Å². The van der Waals surface area contributed by atoms with Crippen LogP contribution < -0.4 is 9.64 Å². The first-order valence-corrected chi connectivity index (χ1v) is 8.93. The van der Waals surface area contributed by atoms with Crippen LogP contribution in [0.4, 0.5) is 10.8 Å². The zero-order valence-corrected chi connectivity index (χ0v) is 15.3. The molecule has 0 saturated heterocycles. The molecule has 0 spiro atoms. The van der Waals surface area contributed by atoms with Gasteiger partial charge in [-0.15, -0.1) is 11.3 Å². The third kappa shape index (κ3) is 3.88. The maximum absolute atomic E-state index is 12.9. The van der Waals surface area contributed by atoms with Gasteiger partial charge in [-0.1, -0.05) is 36.4 Å². The van der Waals surface area contributed by atoms with Gasteiger partial charge in [0.15, 0.2) is 11.7 Å². The van der Waals surface area contributed by atoms with E-state index in [0.717, 1.165) is 28.3 Å². The van der Waals surface area contributed by atoms with Gasteiger partial charge >= 0.3 is 0 Å². The van der Waals surface area contributed by atoms with Crippen molar-refractivity contribution in [3.63, 3.8) is 0 Å². The minimum absolute atomic E-state index is 0.0424. The summed E-state index contributed by atoms with van der Waals surface area (Å²) in [5.41, 5.74) is 3.71. The molecule has 2 aromatic carbocycles. The number of nitrogens with zero attached hydrogens (tertiary/aromatic N) is 2. The zero-order valence-electron chi connectivity index (χ0n) is 14.5. The Morgan fingerprint density at radius 2 is 1.72 bits per heavy atom. The summed E-state index contributed by atoms with van der Waals surface area (Å²) in [6, 6.07) is 15.5. The number of aromatic nitrogens is 1. The van der Waals surface area contributed by atoms with Crippen LogP contribution in [0.15, 0.2) is 53.9 Å². The number of benzene rings is 2. The van der Waals surface area contributed by atoms with E-state index in [1.807, 2.05) is 74.7 Å². The van der Waals surface area contributed by atoms with E-state index < -0.39 is 0 Å². The Kier molecular flexibility index (Phi) is 5.14. The maximum atomic E-state index is 12.9. The Balaban J connectivity index is 1.85. The van der Waals surface area contributed by atoms with E-state index in [4.69, 9.17) is 4.74 Å². The summed E-state index contributed by atoms with van der Waals surface area (Å²) in [7, 11) is 0. The normalized spacial score (nSPS) is 10.5. The molecule has 1 amide bonds. The van der Waals surface area contributed by atoms with Crippen molar-refractivity contribution in [1.29, 1.82) is 0 Å². The molecule has 0 radical (unpaired) electrons. The number of para-hydroxylation sites is 2. The molecule has 1 aromatic heterocycles. The fraction of sp³-hybridized carbons (Fsp3) is 0.200. The molecule has 3 rings (SSSR count). The second-order valence-electron chi connectivity index (χ2n) is 5.85. The molecule has 0 N–H and O–H groups in total. The van der Waals surface area contributed by atoms with Crippen LogP contribution in [0.25, 0.3) is 0 Å². The lowest BCUT2D eigenvalue weighted by Gasteiger charge is -2.21. The highest BCUT2D eigenvalue weighted by atomic mass is 32.1. The molecule has 4 nitrogen and oxygen atoms in total. The first-order chi connectivity index (χ1) is 12.1. The van der Waals surface area contributed by atoms with Crippen molar-refractivity contribution in [2.24, 2.45) is 0 Å². The number of hydrogen-bond acceptors (Lipinski definition) is 4. The van der Waals surface area contributed by atoms with Gasteiger partial charge in [-0.3, -0.25) is 9.69 Å². The van der Waals surface area contributed by atoms with Crippen LogP contribution in [-0.2, 0) is 4.79 Å². The average Bonchev–Trinajstić information content (AvgIpc) is 3.01. The number of hydrogen-bond donors (Lipinski definition) is 0. The highest BCUT2D eigenvalue weighted by molar-refractivity contribution is 7.14. The van der Waals surface area contributed by atoms with Gasteiger partial charge in [0.05, 0.1) is 11.4 Å². The van der Waals surface area contributed by atoms with E-state index in [-0.39, 0.29) is 12.5 Å². The van der Waals surface area contributed by atoms with Crippen molar-refractivity contribution in [2.75, 3.05) is 11.5 Å². The molecule has 3 aromatic rings. The van der Waals surface area contributed by atoms with Crippen molar-refractivity contribution in [2.45, 2.75) is 20.8 Å². The van der Waals surface area contributed by atoms with E-state index in [9.17, 15) is 4.79 Å². The second-order valence-corrected chi connectivity index (χ2v) is 6.68. The van der Waals surface area contributed by atoms with Gasteiger partial charge < -0.3 is 4.74 Å². The first-order valence-electron chi connectivity index (χ1n) is 8.05. The number of anilines is 2. The third-order valence-electron chi connectivity index (χ3n) is 3.81. The minimum atomic E-state index is -0.150. The summed E-state index contributed by atoms with van der Waals surface area (Å²) in [5, 5.41) is 2.59. The summed E-state index contributed by atoms with van der Waals surface area (Å²) in [5.74, 6) is 0.613. The number of aryl methyl sites for hydroxylation is 3. The van der Waals surface area contributed by atoms with E-state index in [2.05, 4.69) is 4.98 Å². The third-order valence-corrected chi connectivity index (χ3v) is 4.75. The predicted octanol–water partition coefficient (Wildman–Crippen LogP) is 4.81. The summed E-state index contributed by atoms with van der Waals surface area (Å²) >= 11 is 1.45. The van der Waals surface area contributed by atoms with E-state index >= 15 is 0 Å². The van der Waals surface area contributed by atoms with Gasteiger partial charge in [-0.2, -0.15) is 0 Å². The average molecular weight is 352 g/mol. The molecule has 0 unspecified atom stereocenters. The maximum Gasteiger partial charge on any atom is 0.271 e. The smallest absolute Gasteiger partial charge is 0.271 e. The number of carbonyl (C=O) groups excluding carboxylic acids is 1. The van der Waals surface area contributed by atoms with Gasteiger partial charge in [0.25, 0.3) is 5.91 Å². The van der Waals surface area contributed by atoms with Crippen molar-refractivity contribution in [3.05, 3.63) is 70.7 Å². The number of carbonyl (C=O) groups is 1. The Morgan fingerprint density at radius 3 is 2.32 bits per heavy atom. The van der Waals surface area contributed by atoms with Gasteiger partial charge in [0.1, 0.15) is 5.75 Å².